The second-order valence-electron chi connectivity index (χ2n) is 5.74. The molecule has 132 valence electrons. The predicted molar refractivity (Wildman–Crippen MR) is 95.5 cm³/mol. The Morgan fingerprint density at radius 3 is 2.40 bits per heavy atom. The number of halogens is 1. The van der Waals surface area contributed by atoms with Crippen LogP contribution in [0, 0.1) is 5.82 Å². The van der Waals surface area contributed by atoms with Gasteiger partial charge in [-0.05, 0) is 29.7 Å². The molecule has 0 spiro atoms. The van der Waals surface area contributed by atoms with Crippen molar-refractivity contribution >= 4 is 17.9 Å². The minimum atomic E-state index is -0.525. The fraction of sp³-hybridized carbons (Fsp3) is 0.263. The van der Waals surface area contributed by atoms with Gasteiger partial charge in [-0.15, -0.1) is 0 Å². The molecule has 0 amide bonds. The summed E-state index contributed by atoms with van der Waals surface area (Å²) in [5, 5.41) is 0. The van der Waals surface area contributed by atoms with E-state index in [0.29, 0.717) is 27.9 Å². The maximum Gasteiger partial charge on any atom is 0.340 e. The van der Waals surface area contributed by atoms with Crippen molar-refractivity contribution in [1.29, 1.82) is 0 Å². The zero-order valence-electron chi connectivity index (χ0n) is 14.7. The highest BCUT2D eigenvalue weighted by Crippen LogP contribution is 2.36. The molecule has 1 aromatic carbocycles. The molecular formula is C19H21FN2O3. The topological polar surface area (TPSA) is 74.4 Å². The minimum Gasteiger partial charge on any atom is -0.504 e. The van der Waals surface area contributed by atoms with Crippen molar-refractivity contribution in [3.8, 4) is 11.1 Å². The van der Waals surface area contributed by atoms with E-state index in [9.17, 15) is 9.18 Å². The molecule has 1 aromatic heterocycles. The number of ether oxygens (including phenoxy) is 2. The van der Waals surface area contributed by atoms with E-state index >= 15 is 0 Å². The summed E-state index contributed by atoms with van der Waals surface area (Å²) < 4.78 is 23.3. The first-order chi connectivity index (χ1) is 11.9. The summed E-state index contributed by atoms with van der Waals surface area (Å²) in [7, 11) is 2.81. The van der Waals surface area contributed by atoms with E-state index in [1.807, 2.05) is 13.8 Å². The Bertz CT molecular complexity index is 799. The molecule has 0 saturated heterocycles. The largest absolute Gasteiger partial charge is 0.504 e. The van der Waals surface area contributed by atoms with Gasteiger partial charge in [0.1, 0.15) is 11.6 Å². The third-order valence-electron chi connectivity index (χ3n) is 3.73. The quantitative estimate of drug-likeness (QED) is 0.655. The number of carbonyl (C=O) groups is 1. The Morgan fingerprint density at radius 1 is 1.24 bits per heavy atom. The highest BCUT2D eigenvalue weighted by Gasteiger charge is 2.25. The molecule has 0 saturated carbocycles. The highest BCUT2D eigenvalue weighted by atomic mass is 19.1. The Hall–Kier alpha value is -2.89. The van der Waals surface area contributed by atoms with Crippen LogP contribution in [0.2, 0.25) is 0 Å². The van der Waals surface area contributed by atoms with Crippen LogP contribution in [0.25, 0.3) is 17.2 Å². The van der Waals surface area contributed by atoms with Crippen LogP contribution in [0.1, 0.15) is 41.4 Å². The molecule has 5 nitrogen and oxygen atoms in total. The maximum absolute atomic E-state index is 13.4. The van der Waals surface area contributed by atoms with E-state index in [2.05, 4.69) is 4.98 Å². The number of carbonyl (C=O) groups excluding carboxylic acids is 1. The second-order valence-corrected chi connectivity index (χ2v) is 5.74. The van der Waals surface area contributed by atoms with Crippen LogP contribution in [0.3, 0.4) is 0 Å². The van der Waals surface area contributed by atoms with Gasteiger partial charge in [0.05, 0.1) is 31.7 Å². The van der Waals surface area contributed by atoms with E-state index in [1.165, 1.54) is 32.6 Å². The molecule has 0 aliphatic heterocycles. The van der Waals surface area contributed by atoms with E-state index < -0.39 is 5.97 Å². The van der Waals surface area contributed by atoms with Crippen molar-refractivity contribution in [2.75, 3.05) is 20.0 Å². The second kappa shape index (κ2) is 7.79. The van der Waals surface area contributed by atoms with Crippen molar-refractivity contribution in [3.05, 3.63) is 53.2 Å². The highest BCUT2D eigenvalue weighted by molar-refractivity contribution is 6.02. The SMILES string of the molecule is COC=Cc1c(N)nc(C(C)C)c(C(=O)OC)c1-c1ccc(F)cc1. The number of methoxy groups -OCH3 is 2. The molecule has 0 aliphatic carbocycles. The summed E-state index contributed by atoms with van der Waals surface area (Å²) in [5.41, 5.74) is 8.66. The van der Waals surface area contributed by atoms with Gasteiger partial charge >= 0.3 is 5.97 Å². The van der Waals surface area contributed by atoms with Crippen LogP contribution in [0.15, 0.2) is 30.5 Å². The first-order valence-electron chi connectivity index (χ1n) is 7.77. The van der Waals surface area contributed by atoms with Gasteiger partial charge in [0.15, 0.2) is 0 Å². The lowest BCUT2D eigenvalue weighted by Gasteiger charge is -2.19. The van der Waals surface area contributed by atoms with Crippen LogP contribution in [-0.2, 0) is 9.47 Å². The number of nitrogens with zero attached hydrogens (tertiary/aromatic N) is 1. The lowest BCUT2D eigenvalue weighted by molar-refractivity contribution is 0.0599. The van der Waals surface area contributed by atoms with Crippen molar-refractivity contribution in [2.24, 2.45) is 0 Å². The number of nitrogen functional groups attached to an aromatic ring is 1. The van der Waals surface area contributed by atoms with E-state index in [1.54, 1.807) is 18.2 Å². The summed E-state index contributed by atoms with van der Waals surface area (Å²) in [6.45, 7) is 3.82. The zero-order chi connectivity index (χ0) is 18.6. The fourth-order valence-electron chi connectivity index (χ4n) is 2.58. The standard InChI is InChI=1S/C19H21FN2O3/c1-11(2)17-16(19(23)25-4)15(12-5-7-13(20)8-6-12)14(9-10-24-3)18(21)22-17/h5-11H,1-4H3,(H2,21,22). The first-order valence-corrected chi connectivity index (χ1v) is 7.77. The average Bonchev–Trinajstić information content (AvgIpc) is 2.59. The third-order valence-corrected chi connectivity index (χ3v) is 3.73. The smallest absolute Gasteiger partial charge is 0.340 e. The number of esters is 1. The van der Waals surface area contributed by atoms with E-state index in [0.717, 1.165) is 0 Å². The molecule has 0 fully saturated rings. The third kappa shape index (κ3) is 3.79. The first kappa shape index (κ1) is 18.4. The van der Waals surface area contributed by atoms with Crippen LogP contribution in [0.4, 0.5) is 10.2 Å². The molecule has 2 aromatic rings. The summed E-state index contributed by atoms with van der Waals surface area (Å²) in [6.07, 6.45) is 3.06. The molecule has 0 radical (unpaired) electrons. The Morgan fingerprint density at radius 2 is 1.88 bits per heavy atom. The number of aromatic nitrogens is 1. The molecule has 0 bridgehead atoms. The Kier molecular flexibility index (Phi) is 5.75. The number of hydrogen-bond acceptors (Lipinski definition) is 5. The summed E-state index contributed by atoms with van der Waals surface area (Å²) in [4.78, 5) is 16.9. The molecule has 0 unspecified atom stereocenters. The predicted octanol–water partition coefficient (Wildman–Crippen LogP) is 4.00. The van der Waals surface area contributed by atoms with Crippen molar-refractivity contribution in [3.63, 3.8) is 0 Å². The van der Waals surface area contributed by atoms with Crippen molar-refractivity contribution < 1.29 is 18.7 Å². The van der Waals surface area contributed by atoms with Gasteiger partial charge in [0, 0.05) is 11.1 Å². The van der Waals surface area contributed by atoms with Gasteiger partial charge in [-0.1, -0.05) is 26.0 Å². The maximum atomic E-state index is 13.4. The van der Waals surface area contributed by atoms with Gasteiger partial charge in [-0.3, -0.25) is 0 Å². The molecular weight excluding hydrogens is 323 g/mol. The fourth-order valence-corrected chi connectivity index (χ4v) is 2.58. The number of pyridine rings is 1. The summed E-state index contributed by atoms with van der Waals surface area (Å²) >= 11 is 0. The van der Waals surface area contributed by atoms with Gasteiger partial charge in [0.2, 0.25) is 0 Å². The summed E-state index contributed by atoms with van der Waals surface area (Å²) in [5.74, 6) is -0.703. The van der Waals surface area contributed by atoms with Gasteiger partial charge in [-0.25, -0.2) is 14.2 Å². The van der Waals surface area contributed by atoms with Crippen LogP contribution in [-0.4, -0.2) is 25.2 Å². The lowest BCUT2D eigenvalue weighted by atomic mass is 9.90. The summed E-state index contributed by atoms with van der Waals surface area (Å²) in [6, 6.07) is 5.83. The normalized spacial score (nSPS) is 11.1. The van der Waals surface area contributed by atoms with Gasteiger partial charge in [0.25, 0.3) is 0 Å². The average molecular weight is 344 g/mol. The zero-order valence-corrected chi connectivity index (χ0v) is 14.7. The van der Waals surface area contributed by atoms with Gasteiger partial charge in [-0.2, -0.15) is 0 Å². The van der Waals surface area contributed by atoms with Gasteiger partial charge < -0.3 is 15.2 Å². The van der Waals surface area contributed by atoms with E-state index in [4.69, 9.17) is 15.2 Å². The molecule has 2 N–H and O–H groups in total. The molecule has 0 aliphatic rings. The molecule has 1 heterocycles. The number of nitrogens with two attached hydrogens (primary N) is 1. The number of hydrogen-bond donors (Lipinski definition) is 1. The van der Waals surface area contributed by atoms with Crippen LogP contribution < -0.4 is 5.73 Å². The van der Waals surface area contributed by atoms with Crippen molar-refractivity contribution in [1.82, 2.24) is 4.98 Å². The lowest BCUT2D eigenvalue weighted by Crippen LogP contribution is -2.14. The Labute approximate surface area is 146 Å². The van der Waals surface area contributed by atoms with E-state index in [-0.39, 0.29) is 17.6 Å². The monoisotopic (exact) mass is 344 g/mol. The number of benzene rings is 1. The minimum absolute atomic E-state index is 0.0592. The molecule has 25 heavy (non-hydrogen) atoms. The van der Waals surface area contributed by atoms with Crippen LogP contribution >= 0.6 is 0 Å². The van der Waals surface area contributed by atoms with Crippen LogP contribution in [0.5, 0.6) is 0 Å². The number of anilines is 1. The molecule has 6 heteroatoms. The van der Waals surface area contributed by atoms with Crippen molar-refractivity contribution in [2.45, 2.75) is 19.8 Å². The Balaban J connectivity index is 2.92. The molecule has 0 atom stereocenters. The molecule has 2 rings (SSSR count). The number of rotatable bonds is 5.